The van der Waals surface area contributed by atoms with Crippen molar-refractivity contribution in [1.29, 1.82) is 5.26 Å². The Bertz CT molecular complexity index is 263. The molecule has 4 heteroatoms. The SMILES string of the molecule is CCCOC(CCC)=C(C#N)C(=O)O. The van der Waals surface area contributed by atoms with Crippen molar-refractivity contribution in [2.45, 2.75) is 33.1 Å². The molecule has 0 rings (SSSR count). The number of carboxylic acids is 1. The summed E-state index contributed by atoms with van der Waals surface area (Å²) in [5, 5.41) is 17.3. The average molecular weight is 197 g/mol. The van der Waals surface area contributed by atoms with Gasteiger partial charge in [-0.15, -0.1) is 0 Å². The lowest BCUT2D eigenvalue weighted by molar-refractivity contribution is -0.132. The first kappa shape index (κ1) is 12.5. The van der Waals surface area contributed by atoms with Gasteiger partial charge in [0.1, 0.15) is 11.8 Å². The molecular formula is C10H15NO3. The number of hydrogen-bond donors (Lipinski definition) is 1. The van der Waals surface area contributed by atoms with Gasteiger partial charge in [0, 0.05) is 6.42 Å². The maximum Gasteiger partial charge on any atom is 0.349 e. The fraction of sp³-hybridized carbons (Fsp3) is 0.600. The van der Waals surface area contributed by atoms with Crippen LogP contribution in [0.15, 0.2) is 11.3 Å². The van der Waals surface area contributed by atoms with Crippen molar-refractivity contribution in [3.8, 4) is 6.07 Å². The van der Waals surface area contributed by atoms with E-state index in [0.717, 1.165) is 12.8 Å². The molecule has 0 aliphatic heterocycles. The van der Waals surface area contributed by atoms with Crippen LogP contribution in [-0.4, -0.2) is 17.7 Å². The first-order chi connectivity index (χ1) is 6.67. The zero-order valence-corrected chi connectivity index (χ0v) is 8.54. The molecule has 0 aliphatic carbocycles. The van der Waals surface area contributed by atoms with E-state index in [0.29, 0.717) is 18.8 Å². The minimum atomic E-state index is -1.22. The molecule has 1 N–H and O–H groups in total. The standard InChI is InChI=1S/C10H15NO3/c1-3-5-9(14-6-4-2)8(7-11)10(12)13/h3-6H2,1-2H3,(H,12,13). The van der Waals surface area contributed by atoms with Gasteiger partial charge in [0.15, 0.2) is 5.57 Å². The van der Waals surface area contributed by atoms with Gasteiger partial charge in [-0.05, 0) is 12.8 Å². The number of allylic oxidation sites excluding steroid dienone is 1. The highest BCUT2D eigenvalue weighted by molar-refractivity contribution is 5.91. The van der Waals surface area contributed by atoms with Crippen LogP contribution in [0.25, 0.3) is 0 Å². The molecule has 0 atom stereocenters. The van der Waals surface area contributed by atoms with Crippen LogP contribution in [0.1, 0.15) is 33.1 Å². The third kappa shape index (κ3) is 3.94. The Morgan fingerprint density at radius 1 is 1.43 bits per heavy atom. The Morgan fingerprint density at radius 3 is 2.43 bits per heavy atom. The van der Waals surface area contributed by atoms with Crippen molar-refractivity contribution in [3.05, 3.63) is 11.3 Å². The molecule has 0 saturated heterocycles. The predicted octanol–water partition coefficient (Wildman–Crippen LogP) is 2.08. The number of aliphatic carboxylic acids is 1. The molecule has 0 spiro atoms. The van der Waals surface area contributed by atoms with Crippen molar-refractivity contribution in [3.63, 3.8) is 0 Å². The number of nitrogens with zero attached hydrogens (tertiary/aromatic N) is 1. The lowest BCUT2D eigenvalue weighted by Crippen LogP contribution is -2.06. The number of rotatable bonds is 6. The number of carbonyl (C=O) groups is 1. The zero-order valence-electron chi connectivity index (χ0n) is 8.54. The van der Waals surface area contributed by atoms with Gasteiger partial charge in [-0.25, -0.2) is 4.79 Å². The van der Waals surface area contributed by atoms with Crippen molar-refractivity contribution in [1.82, 2.24) is 0 Å². The highest BCUT2D eigenvalue weighted by Crippen LogP contribution is 2.13. The van der Waals surface area contributed by atoms with Gasteiger partial charge in [-0.2, -0.15) is 5.26 Å². The quantitative estimate of drug-likeness (QED) is 0.402. The highest BCUT2D eigenvalue weighted by Gasteiger charge is 2.14. The van der Waals surface area contributed by atoms with E-state index < -0.39 is 5.97 Å². The molecule has 0 saturated carbocycles. The first-order valence-corrected chi connectivity index (χ1v) is 4.66. The Kier molecular flexibility index (Phi) is 6.21. The fourth-order valence-corrected chi connectivity index (χ4v) is 0.951. The molecule has 0 bridgehead atoms. The lowest BCUT2D eigenvalue weighted by atomic mass is 10.2. The van der Waals surface area contributed by atoms with Gasteiger partial charge >= 0.3 is 5.97 Å². The van der Waals surface area contributed by atoms with Crippen molar-refractivity contribution in [2.24, 2.45) is 0 Å². The summed E-state index contributed by atoms with van der Waals surface area (Å²) in [5.41, 5.74) is -0.277. The van der Waals surface area contributed by atoms with Crippen LogP contribution in [0.3, 0.4) is 0 Å². The molecule has 14 heavy (non-hydrogen) atoms. The summed E-state index contributed by atoms with van der Waals surface area (Å²) < 4.78 is 5.22. The fourth-order valence-electron chi connectivity index (χ4n) is 0.951. The molecular weight excluding hydrogens is 182 g/mol. The summed E-state index contributed by atoms with van der Waals surface area (Å²) >= 11 is 0. The van der Waals surface area contributed by atoms with Crippen molar-refractivity contribution >= 4 is 5.97 Å². The smallest absolute Gasteiger partial charge is 0.349 e. The van der Waals surface area contributed by atoms with E-state index in [1.807, 2.05) is 13.8 Å². The van der Waals surface area contributed by atoms with Gasteiger partial charge in [0.25, 0.3) is 0 Å². The lowest BCUT2D eigenvalue weighted by Gasteiger charge is -2.08. The van der Waals surface area contributed by atoms with E-state index in [1.54, 1.807) is 6.07 Å². The molecule has 0 aromatic rings. The van der Waals surface area contributed by atoms with Gasteiger partial charge in [-0.1, -0.05) is 13.8 Å². The van der Waals surface area contributed by atoms with Gasteiger partial charge in [0.2, 0.25) is 0 Å². The first-order valence-electron chi connectivity index (χ1n) is 4.66. The van der Waals surface area contributed by atoms with Gasteiger partial charge in [-0.3, -0.25) is 0 Å². The topological polar surface area (TPSA) is 70.3 Å². The van der Waals surface area contributed by atoms with Gasteiger partial charge < -0.3 is 9.84 Å². The number of nitriles is 1. The molecule has 0 heterocycles. The second-order valence-electron chi connectivity index (χ2n) is 2.81. The molecule has 0 fully saturated rings. The van der Waals surface area contributed by atoms with E-state index in [2.05, 4.69) is 0 Å². The molecule has 0 aliphatic rings. The Balaban J connectivity index is 4.72. The Labute approximate surface area is 83.8 Å². The van der Waals surface area contributed by atoms with Crippen LogP contribution in [0.2, 0.25) is 0 Å². The molecule has 0 unspecified atom stereocenters. The van der Waals surface area contributed by atoms with Crippen LogP contribution in [0.5, 0.6) is 0 Å². The minimum Gasteiger partial charge on any atom is -0.496 e. The van der Waals surface area contributed by atoms with Gasteiger partial charge in [0.05, 0.1) is 6.61 Å². The zero-order chi connectivity index (χ0) is 11.0. The third-order valence-corrected chi connectivity index (χ3v) is 1.56. The van der Waals surface area contributed by atoms with E-state index >= 15 is 0 Å². The molecule has 0 amide bonds. The number of carboxylic acid groups (broad SMARTS) is 1. The highest BCUT2D eigenvalue weighted by atomic mass is 16.5. The molecule has 0 aromatic carbocycles. The summed E-state index contributed by atoms with van der Waals surface area (Å²) in [6, 6.07) is 1.65. The summed E-state index contributed by atoms with van der Waals surface area (Å²) in [7, 11) is 0. The minimum absolute atomic E-state index is 0.277. The Morgan fingerprint density at radius 2 is 2.07 bits per heavy atom. The number of ether oxygens (including phenoxy) is 1. The van der Waals surface area contributed by atoms with Crippen molar-refractivity contribution in [2.75, 3.05) is 6.61 Å². The average Bonchev–Trinajstić information content (AvgIpc) is 2.14. The Hall–Kier alpha value is -1.50. The molecule has 0 aromatic heterocycles. The van der Waals surface area contributed by atoms with Crippen LogP contribution < -0.4 is 0 Å². The van der Waals surface area contributed by atoms with Crippen LogP contribution in [0, 0.1) is 11.3 Å². The summed E-state index contributed by atoms with van der Waals surface area (Å²) in [5.74, 6) is -0.920. The van der Waals surface area contributed by atoms with E-state index in [9.17, 15) is 4.79 Å². The predicted molar refractivity (Wildman–Crippen MR) is 51.4 cm³/mol. The third-order valence-electron chi connectivity index (χ3n) is 1.56. The number of hydrogen-bond acceptors (Lipinski definition) is 3. The van der Waals surface area contributed by atoms with Crippen LogP contribution >= 0.6 is 0 Å². The van der Waals surface area contributed by atoms with E-state index in [1.165, 1.54) is 0 Å². The largest absolute Gasteiger partial charge is 0.496 e. The maximum atomic E-state index is 10.6. The van der Waals surface area contributed by atoms with Crippen LogP contribution in [-0.2, 0) is 9.53 Å². The molecule has 0 radical (unpaired) electrons. The summed E-state index contributed by atoms with van der Waals surface area (Å²) in [6.07, 6.45) is 2.05. The molecule has 4 nitrogen and oxygen atoms in total. The maximum absolute atomic E-state index is 10.6. The van der Waals surface area contributed by atoms with E-state index in [4.69, 9.17) is 15.1 Å². The van der Waals surface area contributed by atoms with Crippen LogP contribution in [0.4, 0.5) is 0 Å². The molecule has 78 valence electrons. The summed E-state index contributed by atoms with van der Waals surface area (Å²) in [6.45, 7) is 4.29. The van der Waals surface area contributed by atoms with E-state index in [-0.39, 0.29) is 5.57 Å². The van der Waals surface area contributed by atoms with Crippen molar-refractivity contribution < 1.29 is 14.6 Å². The monoisotopic (exact) mass is 197 g/mol. The normalized spacial score (nSPS) is 11.5. The summed E-state index contributed by atoms with van der Waals surface area (Å²) in [4.78, 5) is 10.6. The second-order valence-corrected chi connectivity index (χ2v) is 2.81. The second kappa shape index (κ2) is 6.96.